The Hall–Kier alpha value is -1.57. The molecule has 0 radical (unpaired) electrons. The molecule has 0 aliphatic heterocycles. The van der Waals surface area contributed by atoms with Crippen molar-refractivity contribution < 1.29 is 9.53 Å². The van der Waals surface area contributed by atoms with Gasteiger partial charge >= 0.3 is 5.97 Å². The average Bonchev–Trinajstić information content (AvgIpc) is 2.48. The van der Waals surface area contributed by atoms with Crippen LogP contribution in [-0.4, -0.2) is 5.97 Å². The van der Waals surface area contributed by atoms with Crippen molar-refractivity contribution in [2.75, 3.05) is 0 Å². The van der Waals surface area contributed by atoms with Gasteiger partial charge in [-0.05, 0) is 49.7 Å². The summed E-state index contributed by atoms with van der Waals surface area (Å²) in [6.07, 6.45) is 11.3. The van der Waals surface area contributed by atoms with Crippen LogP contribution in [-0.2, 0) is 4.79 Å². The van der Waals surface area contributed by atoms with Crippen LogP contribution in [0.5, 0.6) is 5.75 Å². The van der Waals surface area contributed by atoms with Gasteiger partial charge in [-0.2, -0.15) is 0 Å². The van der Waals surface area contributed by atoms with Crippen LogP contribution in [0.4, 0.5) is 0 Å². The smallest absolute Gasteiger partial charge is 0.335 e. The fourth-order valence-electron chi connectivity index (χ4n) is 2.93. The van der Waals surface area contributed by atoms with E-state index in [2.05, 4.69) is 6.92 Å². The van der Waals surface area contributed by atoms with Gasteiger partial charge in [0.25, 0.3) is 0 Å². The molecule has 0 heterocycles. The zero-order valence-corrected chi connectivity index (χ0v) is 12.3. The molecule has 1 aromatic carbocycles. The predicted octanol–water partition coefficient (Wildman–Crippen LogP) is 4.75. The Bertz CT molecular complexity index is 428. The maximum absolute atomic E-state index is 11.7. The molecule has 0 spiro atoms. The molecule has 1 aliphatic carbocycles. The largest absolute Gasteiger partial charge is 0.423 e. The van der Waals surface area contributed by atoms with E-state index in [0.29, 0.717) is 11.7 Å². The summed E-state index contributed by atoms with van der Waals surface area (Å²) in [5, 5.41) is 0. The molecule has 108 valence electrons. The van der Waals surface area contributed by atoms with Crippen LogP contribution in [0, 0.1) is 11.8 Å². The molecule has 1 aromatic rings. The van der Waals surface area contributed by atoms with Crippen molar-refractivity contribution in [1.82, 2.24) is 0 Å². The lowest BCUT2D eigenvalue weighted by Gasteiger charge is -2.26. The first-order valence-corrected chi connectivity index (χ1v) is 7.73. The van der Waals surface area contributed by atoms with Gasteiger partial charge in [-0.3, -0.25) is 0 Å². The Labute approximate surface area is 121 Å². The maximum Gasteiger partial charge on any atom is 0.335 e. The number of ether oxygens (including phenoxy) is 1. The fourth-order valence-corrected chi connectivity index (χ4v) is 2.93. The minimum Gasteiger partial charge on any atom is -0.423 e. The van der Waals surface area contributed by atoms with Gasteiger partial charge in [0.1, 0.15) is 5.75 Å². The van der Waals surface area contributed by atoms with Crippen LogP contribution >= 0.6 is 0 Å². The third-order valence-corrected chi connectivity index (χ3v) is 4.05. The number of hydrogen-bond donors (Lipinski definition) is 0. The summed E-state index contributed by atoms with van der Waals surface area (Å²) in [6, 6.07) is 9.22. The van der Waals surface area contributed by atoms with Gasteiger partial charge in [0, 0.05) is 6.08 Å². The molecule has 2 rings (SSSR count). The van der Waals surface area contributed by atoms with Gasteiger partial charge in [0.2, 0.25) is 0 Å². The number of esters is 1. The van der Waals surface area contributed by atoms with Crippen molar-refractivity contribution in [1.29, 1.82) is 0 Å². The van der Waals surface area contributed by atoms with Gasteiger partial charge in [-0.15, -0.1) is 0 Å². The fraction of sp³-hybridized carbons (Fsp3) is 0.500. The quantitative estimate of drug-likeness (QED) is 0.439. The molecule has 0 N–H and O–H groups in total. The lowest BCUT2D eigenvalue weighted by atomic mass is 9.80. The Morgan fingerprint density at radius 2 is 1.90 bits per heavy atom. The van der Waals surface area contributed by atoms with E-state index < -0.39 is 0 Å². The average molecular weight is 272 g/mol. The molecule has 1 fully saturated rings. The third-order valence-electron chi connectivity index (χ3n) is 4.05. The number of benzene rings is 1. The lowest BCUT2D eigenvalue weighted by Crippen LogP contribution is -2.13. The Balaban J connectivity index is 1.75. The minimum atomic E-state index is -0.271. The van der Waals surface area contributed by atoms with Crippen molar-refractivity contribution in [2.45, 2.75) is 45.4 Å². The summed E-state index contributed by atoms with van der Waals surface area (Å²) in [4.78, 5) is 11.7. The molecule has 0 aromatic heterocycles. The van der Waals surface area contributed by atoms with Crippen molar-refractivity contribution in [3.05, 3.63) is 42.5 Å². The maximum atomic E-state index is 11.7. The van der Waals surface area contributed by atoms with Crippen LogP contribution < -0.4 is 4.74 Å². The normalized spacial score (nSPS) is 22.9. The Morgan fingerprint density at radius 3 is 2.55 bits per heavy atom. The highest BCUT2D eigenvalue weighted by atomic mass is 16.5. The highest BCUT2D eigenvalue weighted by Gasteiger charge is 2.18. The lowest BCUT2D eigenvalue weighted by molar-refractivity contribution is -0.129. The number of para-hydroxylation sites is 1. The van der Waals surface area contributed by atoms with E-state index in [-0.39, 0.29) is 5.97 Å². The number of allylic oxidation sites excluding steroid dienone is 1. The Morgan fingerprint density at radius 1 is 1.20 bits per heavy atom. The molecule has 0 unspecified atom stereocenters. The van der Waals surface area contributed by atoms with Gasteiger partial charge in [-0.25, -0.2) is 4.79 Å². The van der Waals surface area contributed by atoms with Gasteiger partial charge in [0.15, 0.2) is 0 Å². The summed E-state index contributed by atoms with van der Waals surface area (Å²) in [5.74, 6) is 1.79. The van der Waals surface area contributed by atoms with Crippen molar-refractivity contribution in [3.63, 3.8) is 0 Å². The van der Waals surface area contributed by atoms with Gasteiger partial charge < -0.3 is 4.74 Å². The second kappa shape index (κ2) is 7.88. The van der Waals surface area contributed by atoms with E-state index in [4.69, 9.17) is 4.74 Å². The molecule has 0 saturated heterocycles. The summed E-state index contributed by atoms with van der Waals surface area (Å²) in [7, 11) is 0. The van der Waals surface area contributed by atoms with Crippen molar-refractivity contribution in [2.24, 2.45) is 11.8 Å². The summed E-state index contributed by atoms with van der Waals surface area (Å²) >= 11 is 0. The van der Waals surface area contributed by atoms with Crippen LogP contribution in [0.25, 0.3) is 0 Å². The predicted molar refractivity (Wildman–Crippen MR) is 81.6 cm³/mol. The van der Waals surface area contributed by atoms with E-state index in [1.165, 1.54) is 38.5 Å². The van der Waals surface area contributed by atoms with Crippen molar-refractivity contribution in [3.8, 4) is 5.75 Å². The molecule has 2 heteroatoms. The topological polar surface area (TPSA) is 26.3 Å². The highest BCUT2D eigenvalue weighted by Crippen LogP contribution is 2.32. The van der Waals surface area contributed by atoms with Crippen LogP contribution in [0.2, 0.25) is 0 Å². The van der Waals surface area contributed by atoms with E-state index >= 15 is 0 Å². The van der Waals surface area contributed by atoms with Crippen LogP contribution in [0.3, 0.4) is 0 Å². The molecule has 0 atom stereocenters. The second-order valence-electron chi connectivity index (χ2n) is 5.66. The van der Waals surface area contributed by atoms with E-state index in [1.54, 1.807) is 18.2 Å². The number of carbonyl (C=O) groups excluding carboxylic acids is 1. The summed E-state index contributed by atoms with van der Waals surface area (Å²) in [6.45, 7) is 2.26. The number of carbonyl (C=O) groups is 1. The molecule has 20 heavy (non-hydrogen) atoms. The first-order valence-electron chi connectivity index (χ1n) is 7.73. The Kier molecular flexibility index (Phi) is 5.85. The first kappa shape index (κ1) is 14.8. The monoisotopic (exact) mass is 272 g/mol. The zero-order chi connectivity index (χ0) is 14.2. The first-order chi connectivity index (χ1) is 9.78. The molecule has 2 nitrogen and oxygen atoms in total. The summed E-state index contributed by atoms with van der Waals surface area (Å²) in [5.41, 5.74) is 0. The van der Waals surface area contributed by atoms with E-state index in [1.807, 2.05) is 24.3 Å². The molecular formula is C18H24O2. The number of rotatable bonds is 5. The molecule has 0 bridgehead atoms. The van der Waals surface area contributed by atoms with Crippen LogP contribution in [0.15, 0.2) is 42.5 Å². The second-order valence-corrected chi connectivity index (χ2v) is 5.66. The van der Waals surface area contributed by atoms with Crippen LogP contribution in [0.1, 0.15) is 45.4 Å². The van der Waals surface area contributed by atoms with Gasteiger partial charge in [-0.1, -0.05) is 44.0 Å². The number of hydrogen-bond acceptors (Lipinski definition) is 2. The highest BCUT2D eigenvalue weighted by molar-refractivity contribution is 5.84. The molecular weight excluding hydrogens is 248 g/mol. The third kappa shape index (κ3) is 4.84. The van der Waals surface area contributed by atoms with E-state index in [9.17, 15) is 4.79 Å². The van der Waals surface area contributed by atoms with Gasteiger partial charge in [0.05, 0.1) is 0 Å². The SMILES string of the molecule is CCC[C@H]1CC[C@H](C=CC(=O)Oc2ccccc2)CC1. The zero-order valence-electron chi connectivity index (χ0n) is 12.3. The summed E-state index contributed by atoms with van der Waals surface area (Å²) < 4.78 is 5.24. The minimum absolute atomic E-state index is 0.271. The molecule has 0 amide bonds. The molecule has 1 saturated carbocycles. The van der Waals surface area contributed by atoms with E-state index in [0.717, 1.165) is 5.92 Å². The molecule has 1 aliphatic rings. The standard InChI is InChI=1S/C18H24O2/c1-2-6-15-9-11-16(12-10-15)13-14-18(19)20-17-7-4-3-5-8-17/h3-5,7-8,13-16H,2,6,9-12H2,1H3/t15-,16-. The van der Waals surface area contributed by atoms with Crippen molar-refractivity contribution >= 4 is 5.97 Å².